The Morgan fingerprint density at radius 2 is 2.00 bits per heavy atom. The molecule has 2 N–H and O–H groups in total. The van der Waals surface area contributed by atoms with E-state index in [0.717, 1.165) is 37.7 Å². The first-order valence-corrected chi connectivity index (χ1v) is 8.74. The van der Waals surface area contributed by atoms with Crippen LogP contribution in [0.5, 0.6) is 0 Å². The normalized spacial score (nSPS) is 14.5. The molecule has 0 aliphatic carbocycles. The van der Waals surface area contributed by atoms with Gasteiger partial charge in [0.15, 0.2) is 5.16 Å². The molecule has 24 heavy (non-hydrogen) atoms. The molecule has 0 atom stereocenters. The summed E-state index contributed by atoms with van der Waals surface area (Å²) in [5, 5.41) is 12.9. The molecule has 1 aliphatic rings. The van der Waals surface area contributed by atoms with E-state index in [-0.39, 0.29) is 5.56 Å². The van der Waals surface area contributed by atoms with Crippen molar-refractivity contribution in [2.75, 3.05) is 42.8 Å². The molecule has 1 saturated heterocycles. The zero-order chi connectivity index (χ0) is 16.9. The van der Waals surface area contributed by atoms with Crippen molar-refractivity contribution < 1.29 is 14.6 Å². The third kappa shape index (κ3) is 3.77. The molecule has 3 rings (SSSR count). The van der Waals surface area contributed by atoms with Crippen LogP contribution < -0.4 is 10.2 Å². The quantitative estimate of drug-likeness (QED) is 0.631. The minimum Gasteiger partial charge on any atom is -0.477 e. The van der Waals surface area contributed by atoms with E-state index in [9.17, 15) is 9.90 Å². The minimum absolute atomic E-state index is 0.0463. The lowest BCUT2D eigenvalue weighted by molar-refractivity contribution is 0.0697. The van der Waals surface area contributed by atoms with Crippen molar-refractivity contribution in [3.05, 3.63) is 36.0 Å². The van der Waals surface area contributed by atoms with E-state index < -0.39 is 5.97 Å². The molecular weight excluding hydrogens is 328 g/mol. The smallest absolute Gasteiger partial charge is 0.341 e. The van der Waals surface area contributed by atoms with Crippen LogP contribution in [0.2, 0.25) is 0 Å². The number of aromatic carboxylic acids is 1. The van der Waals surface area contributed by atoms with Gasteiger partial charge in [0, 0.05) is 30.7 Å². The molecule has 0 radical (unpaired) electrons. The highest BCUT2D eigenvalue weighted by Gasteiger charge is 2.15. The van der Waals surface area contributed by atoms with Crippen molar-refractivity contribution >= 4 is 34.9 Å². The summed E-state index contributed by atoms with van der Waals surface area (Å²) in [5.41, 5.74) is 1.94. The van der Waals surface area contributed by atoms with E-state index >= 15 is 0 Å². The van der Waals surface area contributed by atoms with Gasteiger partial charge in [-0.2, -0.15) is 0 Å². The molecule has 126 valence electrons. The van der Waals surface area contributed by atoms with Gasteiger partial charge in [-0.3, -0.25) is 0 Å². The molecule has 1 aliphatic heterocycles. The number of nitrogens with one attached hydrogen (secondary N) is 1. The van der Waals surface area contributed by atoms with Crippen molar-refractivity contribution in [1.29, 1.82) is 0 Å². The van der Waals surface area contributed by atoms with Crippen molar-refractivity contribution in [2.45, 2.75) is 5.16 Å². The fourth-order valence-electron chi connectivity index (χ4n) is 2.43. The maximum Gasteiger partial charge on any atom is 0.341 e. The van der Waals surface area contributed by atoms with Crippen molar-refractivity contribution in [2.24, 2.45) is 0 Å². The van der Waals surface area contributed by atoms with E-state index in [0.29, 0.717) is 11.0 Å². The molecular formula is C16H18N4O3S. The highest BCUT2D eigenvalue weighted by Crippen LogP contribution is 2.24. The summed E-state index contributed by atoms with van der Waals surface area (Å²) >= 11 is 1.36. The molecule has 1 aromatic carbocycles. The van der Waals surface area contributed by atoms with Gasteiger partial charge in [-0.15, -0.1) is 0 Å². The number of carboxylic acid groups (broad SMARTS) is 1. The van der Waals surface area contributed by atoms with Gasteiger partial charge in [0.05, 0.1) is 13.2 Å². The Morgan fingerprint density at radius 3 is 2.62 bits per heavy atom. The van der Waals surface area contributed by atoms with E-state index in [1.165, 1.54) is 18.0 Å². The highest BCUT2D eigenvalue weighted by molar-refractivity contribution is 7.98. The lowest BCUT2D eigenvalue weighted by Crippen LogP contribution is -2.36. The van der Waals surface area contributed by atoms with E-state index in [1.54, 1.807) is 0 Å². The number of rotatable bonds is 5. The lowest BCUT2D eigenvalue weighted by atomic mass is 10.2. The first-order valence-electron chi connectivity index (χ1n) is 7.51. The average molecular weight is 346 g/mol. The van der Waals surface area contributed by atoms with Crippen molar-refractivity contribution in [1.82, 2.24) is 9.97 Å². The third-order valence-electron chi connectivity index (χ3n) is 3.69. The second-order valence-corrected chi connectivity index (χ2v) is 5.97. The van der Waals surface area contributed by atoms with Crippen LogP contribution in [0.1, 0.15) is 10.4 Å². The fraction of sp³-hybridized carbons (Fsp3) is 0.312. The maximum atomic E-state index is 11.3. The summed E-state index contributed by atoms with van der Waals surface area (Å²) in [6.45, 7) is 3.22. The van der Waals surface area contributed by atoms with Crippen LogP contribution in [0.3, 0.4) is 0 Å². The number of hydrogen-bond acceptors (Lipinski definition) is 7. The highest BCUT2D eigenvalue weighted by atomic mass is 32.2. The average Bonchev–Trinajstić information content (AvgIpc) is 2.63. The SMILES string of the molecule is CSc1ncc(C(=O)O)c(Nc2ccc(N3CCOCC3)cc2)n1. The topological polar surface area (TPSA) is 87.6 Å². The number of carboxylic acids is 1. The van der Waals surface area contributed by atoms with Crippen LogP contribution >= 0.6 is 11.8 Å². The second kappa shape index (κ2) is 7.50. The molecule has 0 unspecified atom stereocenters. The molecule has 1 aromatic heterocycles. The molecule has 0 spiro atoms. The van der Waals surface area contributed by atoms with Gasteiger partial charge in [-0.25, -0.2) is 14.8 Å². The Morgan fingerprint density at radius 1 is 1.29 bits per heavy atom. The van der Waals surface area contributed by atoms with Crippen LogP contribution in [-0.2, 0) is 4.74 Å². The van der Waals surface area contributed by atoms with Crippen LogP contribution in [0, 0.1) is 0 Å². The first kappa shape index (κ1) is 16.5. The zero-order valence-corrected chi connectivity index (χ0v) is 14.0. The Bertz CT molecular complexity index is 718. The summed E-state index contributed by atoms with van der Waals surface area (Å²) in [4.78, 5) is 21.8. The Balaban J connectivity index is 1.79. The second-order valence-electron chi connectivity index (χ2n) is 5.20. The Hall–Kier alpha value is -2.32. The van der Waals surface area contributed by atoms with Crippen LogP contribution in [0.4, 0.5) is 17.2 Å². The minimum atomic E-state index is -1.06. The van der Waals surface area contributed by atoms with Gasteiger partial charge in [0.25, 0.3) is 0 Å². The summed E-state index contributed by atoms with van der Waals surface area (Å²) < 4.78 is 5.36. The lowest BCUT2D eigenvalue weighted by Gasteiger charge is -2.28. The zero-order valence-electron chi connectivity index (χ0n) is 13.2. The van der Waals surface area contributed by atoms with Gasteiger partial charge in [0.2, 0.25) is 0 Å². The molecule has 0 saturated carbocycles. The predicted octanol–water partition coefficient (Wildman–Crippen LogP) is 2.48. The Kier molecular flexibility index (Phi) is 5.17. The van der Waals surface area contributed by atoms with E-state index in [1.807, 2.05) is 30.5 Å². The number of hydrogen-bond donors (Lipinski definition) is 2. The van der Waals surface area contributed by atoms with Crippen LogP contribution in [0.25, 0.3) is 0 Å². The molecule has 1 fully saturated rings. The van der Waals surface area contributed by atoms with Crippen LogP contribution in [-0.4, -0.2) is 53.6 Å². The summed E-state index contributed by atoms with van der Waals surface area (Å²) in [5.74, 6) is -0.768. The molecule has 0 amide bonds. The molecule has 0 bridgehead atoms. The van der Waals surface area contributed by atoms with Gasteiger partial charge < -0.3 is 20.1 Å². The monoisotopic (exact) mass is 346 g/mol. The molecule has 2 heterocycles. The van der Waals surface area contributed by atoms with Gasteiger partial charge in [-0.05, 0) is 30.5 Å². The molecule has 2 aromatic rings. The van der Waals surface area contributed by atoms with E-state index in [4.69, 9.17) is 4.74 Å². The first-order chi connectivity index (χ1) is 11.7. The number of ether oxygens (including phenoxy) is 1. The number of thioether (sulfide) groups is 1. The molecule has 7 nitrogen and oxygen atoms in total. The largest absolute Gasteiger partial charge is 0.477 e. The number of morpholine rings is 1. The predicted molar refractivity (Wildman–Crippen MR) is 93.5 cm³/mol. The maximum absolute atomic E-state index is 11.3. The van der Waals surface area contributed by atoms with Crippen LogP contribution in [0.15, 0.2) is 35.6 Å². The summed E-state index contributed by atoms with van der Waals surface area (Å²) in [7, 11) is 0. The van der Waals surface area contributed by atoms with Crippen molar-refractivity contribution in [3.8, 4) is 0 Å². The number of aromatic nitrogens is 2. The number of nitrogens with zero attached hydrogens (tertiary/aromatic N) is 3. The van der Waals surface area contributed by atoms with E-state index in [2.05, 4.69) is 20.2 Å². The van der Waals surface area contributed by atoms with Gasteiger partial charge in [-0.1, -0.05) is 11.8 Å². The number of carbonyl (C=O) groups is 1. The number of benzene rings is 1. The van der Waals surface area contributed by atoms with Gasteiger partial charge in [0.1, 0.15) is 11.4 Å². The Labute approximate surface area is 144 Å². The number of anilines is 3. The summed E-state index contributed by atoms with van der Waals surface area (Å²) in [6.07, 6.45) is 3.17. The summed E-state index contributed by atoms with van der Waals surface area (Å²) in [6, 6.07) is 7.84. The van der Waals surface area contributed by atoms with Crippen molar-refractivity contribution in [3.63, 3.8) is 0 Å². The standard InChI is InChI=1S/C16H18N4O3S/c1-24-16-17-10-13(15(21)22)14(19-16)18-11-2-4-12(5-3-11)20-6-8-23-9-7-20/h2-5,10H,6-9H2,1H3,(H,21,22)(H,17,18,19). The fourth-order valence-corrected chi connectivity index (χ4v) is 2.77. The molecule has 8 heteroatoms. The third-order valence-corrected chi connectivity index (χ3v) is 4.25. The van der Waals surface area contributed by atoms with Gasteiger partial charge >= 0.3 is 5.97 Å².